The van der Waals surface area contributed by atoms with Gasteiger partial charge in [0.2, 0.25) is 0 Å². The molecule has 18 heavy (non-hydrogen) atoms. The number of aliphatic hydroxyl groups is 1. The number of hydrogen-bond donors (Lipinski definition) is 1. The largest absolute Gasteiger partial charge is 0.383 e. The standard InChI is InChI=1S/C13H8BrClF2O/c14-7-1-4-11(15)10(5-7)13(18)9-3-2-8(16)6-12(9)17/h1-6,13,18H. The van der Waals surface area contributed by atoms with E-state index in [0.717, 1.165) is 12.1 Å². The fourth-order valence-electron chi connectivity index (χ4n) is 1.61. The molecule has 0 radical (unpaired) electrons. The Bertz CT molecular complexity index is 589. The maximum Gasteiger partial charge on any atom is 0.132 e. The zero-order chi connectivity index (χ0) is 13.3. The Morgan fingerprint density at radius 1 is 1.06 bits per heavy atom. The monoisotopic (exact) mass is 332 g/mol. The van der Waals surface area contributed by atoms with E-state index in [1.165, 1.54) is 6.07 Å². The van der Waals surface area contributed by atoms with E-state index in [4.69, 9.17) is 11.6 Å². The van der Waals surface area contributed by atoms with E-state index < -0.39 is 17.7 Å². The number of aliphatic hydroxyl groups excluding tert-OH is 1. The maximum atomic E-state index is 13.6. The van der Waals surface area contributed by atoms with E-state index in [1.54, 1.807) is 18.2 Å². The van der Waals surface area contributed by atoms with Crippen LogP contribution in [0.15, 0.2) is 40.9 Å². The second-order valence-electron chi connectivity index (χ2n) is 3.73. The van der Waals surface area contributed by atoms with Crippen molar-refractivity contribution in [2.24, 2.45) is 0 Å². The van der Waals surface area contributed by atoms with Gasteiger partial charge in [0.25, 0.3) is 0 Å². The highest BCUT2D eigenvalue weighted by molar-refractivity contribution is 9.10. The molecule has 0 aromatic heterocycles. The fraction of sp³-hybridized carbons (Fsp3) is 0.0769. The summed E-state index contributed by atoms with van der Waals surface area (Å²) in [6.45, 7) is 0. The van der Waals surface area contributed by atoms with E-state index in [1.807, 2.05) is 0 Å². The summed E-state index contributed by atoms with van der Waals surface area (Å²) in [5, 5.41) is 10.4. The lowest BCUT2D eigenvalue weighted by molar-refractivity contribution is 0.214. The van der Waals surface area contributed by atoms with E-state index in [0.29, 0.717) is 15.1 Å². The van der Waals surface area contributed by atoms with Gasteiger partial charge in [0.05, 0.1) is 0 Å². The topological polar surface area (TPSA) is 20.2 Å². The first-order valence-electron chi connectivity index (χ1n) is 5.07. The molecule has 0 saturated heterocycles. The van der Waals surface area contributed by atoms with E-state index >= 15 is 0 Å². The van der Waals surface area contributed by atoms with Crippen molar-refractivity contribution >= 4 is 27.5 Å². The van der Waals surface area contributed by atoms with Crippen molar-refractivity contribution in [1.82, 2.24) is 0 Å². The molecule has 1 atom stereocenters. The predicted molar refractivity (Wildman–Crippen MR) is 69.6 cm³/mol. The summed E-state index contributed by atoms with van der Waals surface area (Å²) in [5.41, 5.74) is 0.341. The van der Waals surface area contributed by atoms with E-state index in [2.05, 4.69) is 15.9 Å². The molecule has 0 fully saturated rings. The van der Waals surface area contributed by atoms with Crippen LogP contribution in [0.3, 0.4) is 0 Å². The number of hydrogen-bond acceptors (Lipinski definition) is 1. The van der Waals surface area contributed by atoms with Crippen molar-refractivity contribution in [3.05, 3.63) is 68.7 Å². The third-order valence-corrected chi connectivity index (χ3v) is 3.35. The van der Waals surface area contributed by atoms with Gasteiger partial charge in [-0.05, 0) is 24.3 Å². The number of benzene rings is 2. The van der Waals surface area contributed by atoms with Gasteiger partial charge >= 0.3 is 0 Å². The minimum atomic E-state index is -1.24. The molecule has 0 bridgehead atoms. The number of halogens is 4. The predicted octanol–water partition coefficient (Wildman–Crippen LogP) is 4.46. The van der Waals surface area contributed by atoms with Gasteiger partial charge in [-0.15, -0.1) is 0 Å². The van der Waals surface area contributed by atoms with Crippen LogP contribution in [-0.2, 0) is 0 Å². The first-order valence-corrected chi connectivity index (χ1v) is 6.24. The lowest BCUT2D eigenvalue weighted by Crippen LogP contribution is -2.03. The summed E-state index contributed by atoms with van der Waals surface area (Å²) in [5.74, 6) is -1.50. The average molecular weight is 334 g/mol. The second kappa shape index (κ2) is 5.34. The normalized spacial score (nSPS) is 12.5. The Morgan fingerprint density at radius 3 is 2.44 bits per heavy atom. The van der Waals surface area contributed by atoms with Gasteiger partial charge in [-0.1, -0.05) is 33.6 Å². The molecule has 1 N–H and O–H groups in total. The summed E-state index contributed by atoms with van der Waals surface area (Å²) in [7, 11) is 0. The first-order chi connectivity index (χ1) is 8.49. The van der Waals surface area contributed by atoms with Crippen molar-refractivity contribution < 1.29 is 13.9 Å². The highest BCUT2D eigenvalue weighted by Crippen LogP contribution is 2.31. The average Bonchev–Trinajstić information content (AvgIpc) is 2.31. The highest BCUT2D eigenvalue weighted by Gasteiger charge is 2.18. The molecule has 0 aliphatic heterocycles. The molecule has 0 spiro atoms. The van der Waals surface area contributed by atoms with Gasteiger partial charge in [0.15, 0.2) is 0 Å². The van der Waals surface area contributed by atoms with Gasteiger partial charge in [-0.3, -0.25) is 0 Å². The van der Waals surface area contributed by atoms with Gasteiger partial charge in [-0.2, -0.15) is 0 Å². The quantitative estimate of drug-likeness (QED) is 0.860. The SMILES string of the molecule is OC(c1ccc(F)cc1F)c1cc(Br)ccc1Cl. The molecule has 2 aromatic carbocycles. The Hall–Kier alpha value is -0.970. The molecule has 94 valence electrons. The highest BCUT2D eigenvalue weighted by atomic mass is 79.9. The minimum Gasteiger partial charge on any atom is -0.383 e. The molecule has 2 aromatic rings. The van der Waals surface area contributed by atoms with Crippen LogP contribution in [0, 0.1) is 11.6 Å². The van der Waals surface area contributed by atoms with Crippen LogP contribution in [0.25, 0.3) is 0 Å². The molecular formula is C13H8BrClF2O. The molecule has 2 rings (SSSR count). The smallest absolute Gasteiger partial charge is 0.132 e. The van der Waals surface area contributed by atoms with E-state index in [-0.39, 0.29) is 5.56 Å². The van der Waals surface area contributed by atoms with Crippen molar-refractivity contribution in [3.63, 3.8) is 0 Å². The molecule has 0 amide bonds. The Labute approximate surface area is 116 Å². The zero-order valence-electron chi connectivity index (χ0n) is 9.00. The summed E-state index contributed by atoms with van der Waals surface area (Å²) < 4.78 is 27.1. The van der Waals surface area contributed by atoms with Crippen molar-refractivity contribution in [1.29, 1.82) is 0 Å². The first kappa shape index (κ1) is 13.5. The van der Waals surface area contributed by atoms with Crippen molar-refractivity contribution in [2.75, 3.05) is 0 Å². The Balaban J connectivity index is 2.47. The Kier molecular flexibility index (Phi) is 4.00. The van der Waals surface area contributed by atoms with Crippen LogP contribution < -0.4 is 0 Å². The van der Waals surface area contributed by atoms with Crippen LogP contribution >= 0.6 is 27.5 Å². The van der Waals surface area contributed by atoms with Crippen LogP contribution in [0.1, 0.15) is 17.2 Å². The van der Waals surface area contributed by atoms with Gasteiger partial charge in [0.1, 0.15) is 17.7 Å². The van der Waals surface area contributed by atoms with Gasteiger partial charge in [0, 0.05) is 26.7 Å². The number of rotatable bonds is 2. The molecular weight excluding hydrogens is 325 g/mol. The lowest BCUT2D eigenvalue weighted by atomic mass is 10.0. The molecule has 0 heterocycles. The van der Waals surface area contributed by atoms with E-state index in [9.17, 15) is 13.9 Å². The third-order valence-electron chi connectivity index (χ3n) is 2.51. The second-order valence-corrected chi connectivity index (χ2v) is 5.06. The maximum absolute atomic E-state index is 13.6. The summed E-state index contributed by atoms with van der Waals surface area (Å²) in [6.07, 6.45) is -1.24. The van der Waals surface area contributed by atoms with Crippen LogP contribution in [0.2, 0.25) is 5.02 Å². The summed E-state index contributed by atoms with van der Waals surface area (Å²) in [6, 6.07) is 7.91. The zero-order valence-corrected chi connectivity index (χ0v) is 11.3. The molecule has 1 nitrogen and oxygen atoms in total. The summed E-state index contributed by atoms with van der Waals surface area (Å²) >= 11 is 9.19. The third kappa shape index (κ3) is 2.71. The lowest BCUT2D eigenvalue weighted by Gasteiger charge is -2.14. The van der Waals surface area contributed by atoms with Crippen molar-refractivity contribution in [2.45, 2.75) is 6.10 Å². The Morgan fingerprint density at radius 2 is 1.78 bits per heavy atom. The fourth-order valence-corrected chi connectivity index (χ4v) is 2.21. The van der Waals surface area contributed by atoms with Crippen LogP contribution in [-0.4, -0.2) is 5.11 Å². The minimum absolute atomic E-state index is 0.0172. The molecule has 0 aliphatic carbocycles. The molecule has 0 aliphatic rings. The molecule has 0 saturated carbocycles. The van der Waals surface area contributed by atoms with Crippen LogP contribution in [0.4, 0.5) is 8.78 Å². The van der Waals surface area contributed by atoms with Crippen molar-refractivity contribution in [3.8, 4) is 0 Å². The van der Waals surface area contributed by atoms with Gasteiger partial charge < -0.3 is 5.11 Å². The van der Waals surface area contributed by atoms with Gasteiger partial charge in [-0.25, -0.2) is 8.78 Å². The van der Waals surface area contributed by atoms with Crippen LogP contribution in [0.5, 0.6) is 0 Å². The molecule has 5 heteroatoms. The molecule has 1 unspecified atom stereocenters. The summed E-state index contributed by atoms with van der Waals surface area (Å²) in [4.78, 5) is 0.